The van der Waals surface area contributed by atoms with Crippen molar-refractivity contribution < 1.29 is 0 Å². The van der Waals surface area contributed by atoms with E-state index in [4.69, 9.17) is 23.2 Å². The molecule has 0 spiro atoms. The van der Waals surface area contributed by atoms with E-state index in [1.165, 1.54) is 4.88 Å². The van der Waals surface area contributed by atoms with Crippen LogP contribution in [0.15, 0.2) is 34.1 Å². The maximum atomic E-state index is 6.12. The number of thiophene rings is 1. The molecule has 20 heavy (non-hydrogen) atoms. The fourth-order valence-electron chi connectivity index (χ4n) is 2.07. The van der Waals surface area contributed by atoms with Crippen molar-refractivity contribution in [2.24, 2.45) is 0 Å². The van der Waals surface area contributed by atoms with Crippen LogP contribution < -0.4 is 5.32 Å². The van der Waals surface area contributed by atoms with E-state index < -0.39 is 0 Å². The highest BCUT2D eigenvalue weighted by atomic mass is 79.9. The van der Waals surface area contributed by atoms with Gasteiger partial charge in [-0.2, -0.15) is 0 Å². The first kappa shape index (κ1) is 16.3. The number of hydrogen-bond acceptors (Lipinski definition) is 2. The Hall–Kier alpha value is -0.0600. The summed E-state index contributed by atoms with van der Waals surface area (Å²) in [5.74, 6) is 0. The van der Waals surface area contributed by atoms with Crippen LogP contribution in [0.25, 0.3) is 0 Å². The Morgan fingerprint density at radius 1 is 1.20 bits per heavy atom. The summed E-state index contributed by atoms with van der Waals surface area (Å²) < 4.78 is 1.16. The van der Waals surface area contributed by atoms with Crippen LogP contribution in [0, 0.1) is 0 Å². The van der Waals surface area contributed by atoms with Crippen LogP contribution in [0.5, 0.6) is 0 Å². The third-order valence-corrected chi connectivity index (χ3v) is 5.04. The van der Waals surface area contributed by atoms with Gasteiger partial charge >= 0.3 is 0 Å². The highest BCUT2D eigenvalue weighted by molar-refractivity contribution is 9.11. The lowest BCUT2D eigenvalue weighted by molar-refractivity contribution is 0.532. The summed E-state index contributed by atoms with van der Waals surface area (Å²) in [6.07, 6.45) is 2.03. The van der Waals surface area contributed by atoms with E-state index in [0.29, 0.717) is 10.0 Å². The van der Waals surface area contributed by atoms with Crippen molar-refractivity contribution in [2.75, 3.05) is 6.54 Å². The van der Waals surface area contributed by atoms with Gasteiger partial charge < -0.3 is 5.32 Å². The second-order valence-electron chi connectivity index (χ2n) is 4.62. The van der Waals surface area contributed by atoms with E-state index >= 15 is 0 Å². The smallest absolute Gasteiger partial charge is 0.0701 e. The summed E-state index contributed by atoms with van der Waals surface area (Å²) in [6.45, 7) is 3.14. The molecule has 108 valence electrons. The molecule has 0 saturated heterocycles. The first-order chi connectivity index (χ1) is 9.58. The minimum Gasteiger partial charge on any atom is -0.310 e. The zero-order chi connectivity index (χ0) is 14.5. The summed E-state index contributed by atoms with van der Waals surface area (Å²) >= 11 is 17.5. The standard InChI is InChI=1S/C15H16BrCl2NS/c1-2-5-19-14(9-13-3-4-15(16)20-13)10-6-11(17)8-12(18)7-10/h3-4,6-8,14,19H,2,5,9H2,1H3. The molecule has 0 aliphatic heterocycles. The van der Waals surface area contributed by atoms with E-state index in [1.807, 2.05) is 12.1 Å². The monoisotopic (exact) mass is 391 g/mol. The van der Waals surface area contributed by atoms with Crippen LogP contribution in [0.3, 0.4) is 0 Å². The van der Waals surface area contributed by atoms with Crippen molar-refractivity contribution in [1.29, 1.82) is 0 Å². The fourth-order valence-corrected chi connectivity index (χ4v) is 4.14. The number of hydrogen-bond donors (Lipinski definition) is 1. The van der Waals surface area contributed by atoms with E-state index in [0.717, 1.165) is 28.7 Å². The molecule has 1 aromatic carbocycles. The highest BCUT2D eigenvalue weighted by Gasteiger charge is 2.14. The predicted molar refractivity (Wildman–Crippen MR) is 93.2 cm³/mol. The van der Waals surface area contributed by atoms with Crippen LogP contribution >= 0.6 is 50.5 Å². The molecular weight excluding hydrogens is 377 g/mol. The Kier molecular flexibility index (Phi) is 6.37. The summed E-state index contributed by atoms with van der Waals surface area (Å²) in [7, 11) is 0. The molecule has 1 atom stereocenters. The molecular formula is C15H16BrCl2NS. The molecule has 1 heterocycles. The van der Waals surface area contributed by atoms with Gasteiger partial charge in [-0.1, -0.05) is 30.1 Å². The SMILES string of the molecule is CCCNC(Cc1ccc(Br)s1)c1cc(Cl)cc(Cl)c1. The number of rotatable bonds is 6. The quantitative estimate of drug-likeness (QED) is 0.625. The second kappa shape index (κ2) is 7.81. The number of halogens is 3. The molecule has 5 heteroatoms. The van der Waals surface area contributed by atoms with Gasteiger partial charge in [0.25, 0.3) is 0 Å². The van der Waals surface area contributed by atoms with Gasteiger partial charge in [0.2, 0.25) is 0 Å². The predicted octanol–water partition coefficient (Wildman–Crippen LogP) is 6.10. The van der Waals surface area contributed by atoms with Gasteiger partial charge in [0, 0.05) is 27.4 Å². The van der Waals surface area contributed by atoms with Crippen molar-refractivity contribution in [2.45, 2.75) is 25.8 Å². The lowest BCUT2D eigenvalue weighted by Crippen LogP contribution is -2.23. The van der Waals surface area contributed by atoms with Crippen molar-refractivity contribution in [3.05, 3.63) is 54.6 Å². The van der Waals surface area contributed by atoms with Gasteiger partial charge in [-0.25, -0.2) is 0 Å². The van der Waals surface area contributed by atoms with Crippen molar-refractivity contribution in [3.8, 4) is 0 Å². The molecule has 2 aromatic rings. The van der Waals surface area contributed by atoms with Crippen LogP contribution in [0.4, 0.5) is 0 Å². The molecule has 0 aliphatic carbocycles. The van der Waals surface area contributed by atoms with Crippen LogP contribution in [0.2, 0.25) is 10.0 Å². The normalized spacial score (nSPS) is 12.6. The zero-order valence-corrected chi connectivity index (χ0v) is 15.0. The van der Waals surface area contributed by atoms with Crippen molar-refractivity contribution in [1.82, 2.24) is 5.32 Å². The minimum absolute atomic E-state index is 0.233. The van der Waals surface area contributed by atoms with E-state index in [1.54, 1.807) is 17.4 Å². The fraction of sp³-hybridized carbons (Fsp3) is 0.333. The van der Waals surface area contributed by atoms with Gasteiger partial charge in [0.15, 0.2) is 0 Å². The molecule has 2 rings (SSSR count). The molecule has 1 aromatic heterocycles. The van der Waals surface area contributed by atoms with E-state index in [2.05, 4.69) is 40.3 Å². The third kappa shape index (κ3) is 4.74. The van der Waals surface area contributed by atoms with Gasteiger partial charge in [0.05, 0.1) is 3.79 Å². The molecule has 0 saturated carbocycles. The van der Waals surface area contributed by atoms with Gasteiger partial charge in [-0.05, 0) is 64.8 Å². The Balaban J connectivity index is 2.21. The molecule has 1 unspecified atom stereocenters. The first-order valence-electron chi connectivity index (χ1n) is 6.52. The second-order valence-corrected chi connectivity index (χ2v) is 8.04. The topological polar surface area (TPSA) is 12.0 Å². The summed E-state index contributed by atoms with van der Waals surface area (Å²) in [5, 5.41) is 4.94. The minimum atomic E-state index is 0.233. The number of benzene rings is 1. The van der Waals surface area contributed by atoms with Crippen molar-refractivity contribution >= 4 is 50.5 Å². The largest absolute Gasteiger partial charge is 0.310 e. The molecule has 0 bridgehead atoms. The molecule has 0 amide bonds. The van der Waals surface area contributed by atoms with E-state index in [9.17, 15) is 0 Å². The van der Waals surface area contributed by atoms with Gasteiger partial charge in [0.1, 0.15) is 0 Å². The lowest BCUT2D eigenvalue weighted by Gasteiger charge is -2.19. The lowest BCUT2D eigenvalue weighted by atomic mass is 10.0. The maximum absolute atomic E-state index is 6.12. The van der Waals surface area contributed by atoms with Gasteiger partial charge in [-0.3, -0.25) is 0 Å². The molecule has 1 nitrogen and oxygen atoms in total. The molecule has 0 fully saturated rings. The van der Waals surface area contributed by atoms with Crippen LogP contribution in [-0.2, 0) is 6.42 Å². The summed E-state index contributed by atoms with van der Waals surface area (Å²) in [4.78, 5) is 1.33. The molecule has 0 aliphatic rings. The summed E-state index contributed by atoms with van der Waals surface area (Å²) in [5.41, 5.74) is 1.14. The van der Waals surface area contributed by atoms with Crippen molar-refractivity contribution in [3.63, 3.8) is 0 Å². The highest BCUT2D eigenvalue weighted by Crippen LogP contribution is 2.29. The van der Waals surface area contributed by atoms with Crippen LogP contribution in [0.1, 0.15) is 29.8 Å². The van der Waals surface area contributed by atoms with Gasteiger partial charge in [-0.15, -0.1) is 11.3 Å². The Labute approximate surface area is 142 Å². The maximum Gasteiger partial charge on any atom is 0.0701 e. The zero-order valence-electron chi connectivity index (χ0n) is 11.1. The third-order valence-electron chi connectivity index (χ3n) is 2.96. The average molecular weight is 393 g/mol. The average Bonchev–Trinajstić information content (AvgIpc) is 2.79. The molecule has 1 N–H and O–H groups in total. The van der Waals surface area contributed by atoms with Crippen LogP contribution in [-0.4, -0.2) is 6.54 Å². The summed E-state index contributed by atoms with van der Waals surface area (Å²) in [6, 6.07) is 10.2. The number of nitrogens with one attached hydrogen (secondary N) is 1. The van der Waals surface area contributed by atoms with E-state index in [-0.39, 0.29) is 6.04 Å². The molecule has 0 radical (unpaired) electrons. The Morgan fingerprint density at radius 3 is 2.45 bits per heavy atom. The first-order valence-corrected chi connectivity index (χ1v) is 8.88. The Morgan fingerprint density at radius 2 is 1.90 bits per heavy atom. The Bertz CT molecular complexity index is 551.